The van der Waals surface area contributed by atoms with Crippen molar-refractivity contribution in [3.8, 4) is 0 Å². The van der Waals surface area contributed by atoms with E-state index in [9.17, 15) is 9.90 Å². The van der Waals surface area contributed by atoms with Crippen molar-refractivity contribution in [3.63, 3.8) is 0 Å². The molecular formula is C15H17NO2. The molecule has 1 N–H and O–H groups in total. The first kappa shape index (κ1) is 12.6. The molecule has 0 saturated heterocycles. The van der Waals surface area contributed by atoms with Crippen molar-refractivity contribution in [1.29, 1.82) is 0 Å². The van der Waals surface area contributed by atoms with Crippen LogP contribution in [-0.2, 0) is 0 Å². The van der Waals surface area contributed by atoms with Crippen LogP contribution in [0.4, 0.5) is 0 Å². The van der Waals surface area contributed by atoms with Crippen molar-refractivity contribution in [1.82, 2.24) is 4.98 Å². The van der Waals surface area contributed by atoms with Gasteiger partial charge in [-0.15, -0.1) is 0 Å². The molecule has 1 aromatic carbocycles. The van der Waals surface area contributed by atoms with Gasteiger partial charge in [0.25, 0.3) is 0 Å². The van der Waals surface area contributed by atoms with Crippen LogP contribution < -0.4 is 0 Å². The fourth-order valence-corrected chi connectivity index (χ4v) is 2.38. The molecule has 1 heterocycles. The molecule has 0 radical (unpaired) electrons. The number of fused-ring (bicyclic) bond motifs is 1. The molecule has 3 heteroatoms. The number of hydrogen-bond acceptors (Lipinski definition) is 2. The van der Waals surface area contributed by atoms with E-state index >= 15 is 0 Å². The zero-order valence-corrected chi connectivity index (χ0v) is 11.1. The zero-order valence-electron chi connectivity index (χ0n) is 11.1. The SMILES string of the molecule is Cc1c(C(C)C)nc2c(C)cccc2c1C(=O)O. The van der Waals surface area contributed by atoms with Gasteiger partial charge in [0, 0.05) is 11.1 Å². The van der Waals surface area contributed by atoms with E-state index in [1.165, 1.54) is 0 Å². The summed E-state index contributed by atoms with van der Waals surface area (Å²) < 4.78 is 0. The van der Waals surface area contributed by atoms with Crippen LogP contribution in [0.15, 0.2) is 18.2 Å². The van der Waals surface area contributed by atoms with Crippen molar-refractivity contribution in [2.24, 2.45) is 0 Å². The fourth-order valence-electron chi connectivity index (χ4n) is 2.38. The predicted molar refractivity (Wildman–Crippen MR) is 72.3 cm³/mol. The Hall–Kier alpha value is -1.90. The third-order valence-electron chi connectivity index (χ3n) is 3.26. The number of aromatic carboxylic acids is 1. The summed E-state index contributed by atoms with van der Waals surface area (Å²) in [7, 11) is 0. The Balaban J connectivity index is 2.97. The summed E-state index contributed by atoms with van der Waals surface area (Å²) in [5, 5.41) is 10.2. The van der Waals surface area contributed by atoms with E-state index in [-0.39, 0.29) is 5.92 Å². The Kier molecular flexibility index (Phi) is 3.07. The lowest BCUT2D eigenvalue weighted by Crippen LogP contribution is -2.08. The second kappa shape index (κ2) is 4.41. The van der Waals surface area contributed by atoms with Crippen LogP contribution in [0.25, 0.3) is 10.9 Å². The molecule has 0 aliphatic rings. The molecule has 0 aliphatic heterocycles. The van der Waals surface area contributed by atoms with Crippen LogP contribution in [0.5, 0.6) is 0 Å². The van der Waals surface area contributed by atoms with Crippen molar-refractivity contribution in [2.45, 2.75) is 33.6 Å². The minimum Gasteiger partial charge on any atom is -0.478 e. The van der Waals surface area contributed by atoms with Crippen molar-refractivity contribution >= 4 is 16.9 Å². The van der Waals surface area contributed by atoms with Crippen LogP contribution in [-0.4, -0.2) is 16.1 Å². The molecule has 0 aliphatic carbocycles. The molecule has 3 nitrogen and oxygen atoms in total. The average molecular weight is 243 g/mol. The number of pyridine rings is 1. The van der Waals surface area contributed by atoms with Crippen molar-refractivity contribution < 1.29 is 9.90 Å². The maximum absolute atomic E-state index is 11.5. The predicted octanol–water partition coefficient (Wildman–Crippen LogP) is 3.67. The number of aromatic nitrogens is 1. The quantitative estimate of drug-likeness (QED) is 0.875. The van der Waals surface area contributed by atoms with Gasteiger partial charge in [-0.25, -0.2) is 4.79 Å². The first-order chi connectivity index (χ1) is 8.43. The summed E-state index contributed by atoms with van der Waals surface area (Å²) in [6.07, 6.45) is 0. The van der Waals surface area contributed by atoms with Crippen LogP contribution in [0.2, 0.25) is 0 Å². The second-order valence-corrected chi connectivity index (χ2v) is 4.93. The van der Waals surface area contributed by atoms with Gasteiger partial charge < -0.3 is 5.11 Å². The summed E-state index contributed by atoms with van der Waals surface area (Å²) in [6.45, 7) is 7.87. The minimum atomic E-state index is -0.882. The molecule has 0 atom stereocenters. The highest BCUT2D eigenvalue weighted by Crippen LogP contribution is 2.28. The molecule has 0 amide bonds. The third-order valence-corrected chi connectivity index (χ3v) is 3.26. The smallest absolute Gasteiger partial charge is 0.336 e. The van der Waals surface area contributed by atoms with Gasteiger partial charge in [0.15, 0.2) is 0 Å². The highest BCUT2D eigenvalue weighted by molar-refractivity contribution is 6.04. The number of nitrogens with zero attached hydrogens (tertiary/aromatic N) is 1. The van der Waals surface area contributed by atoms with E-state index in [2.05, 4.69) is 4.98 Å². The van der Waals surface area contributed by atoms with Gasteiger partial charge in [-0.2, -0.15) is 0 Å². The number of aryl methyl sites for hydroxylation is 1. The maximum Gasteiger partial charge on any atom is 0.336 e. The van der Waals surface area contributed by atoms with E-state index < -0.39 is 5.97 Å². The molecule has 0 fully saturated rings. The molecule has 0 spiro atoms. The minimum absolute atomic E-state index is 0.215. The van der Waals surface area contributed by atoms with Gasteiger partial charge in [0.2, 0.25) is 0 Å². The second-order valence-electron chi connectivity index (χ2n) is 4.93. The van der Waals surface area contributed by atoms with Gasteiger partial charge in [0.05, 0.1) is 11.1 Å². The molecule has 18 heavy (non-hydrogen) atoms. The topological polar surface area (TPSA) is 50.2 Å². The molecule has 0 bridgehead atoms. The summed E-state index contributed by atoms with van der Waals surface area (Å²) in [4.78, 5) is 16.1. The van der Waals surface area contributed by atoms with E-state index in [1.54, 1.807) is 0 Å². The first-order valence-corrected chi connectivity index (χ1v) is 6.06. The molecule has 94 valence electrons. The summed E-state index contributed by atoms with van der Waals surface area (Å²) in [5.41, 5.74) is 3.83. The van der Waals surface area contributed by atoms with Crippen LogP contribution in [0, 0.1) is 13.8 Å². The average Bonchev–Trinajstić information content (AvgIpc) is 2.27. The largest absolute Gasteiger partial charge is 0.478 e. The Bertz CT molecular complexity index is 630. The maximum atomic E-state index is 11.5. The van der Waals surface area contributed by atoms with E-state index in [4.69, 9.17) is 0 Å². The van der Waals surface area contributed by atoms with Crippen LogP contribution >= 0.6 is 0 Å². The van der Waals surface area contributed by atoms with E-state index in [0.717, 1.165) is 27.7 Å². The molecule has 2 aromatic rings. The van der Waals surface area contributed by atoms with Crippen LogP contribution in [0.3, 0.4) is 0 Å². The highest BCUT2D eigenvalue weighted by atomic mass is 16.4. The van der Waals surface area contributed by atoms with Gasteiger partial charge in [-0.1, -0.05) is 32.0 Å². The molecule has 1 aromatic heterocycles. The lowest BCUT2D eigenvalue weighted by molar-refractivity contribution is 0.0698. The molecule has 2 rings (SSSR count). The normalized spacial score (nSPS) is 11.2. The monoisotopic (exact) mass is 243 g/mol. The van der Waals surface area contributed by atoms with E-state index in [0.29, 0.717) is 5.56 Å². The standard InChI is InChI=1S/C15H17NO2/c1-8(2)13-10(4)12(15(17)18)11-7-5-6-9(3)14(11)16-13/h5-8H,1-4H3,(H,17,18). The molecule has 0 saturated carbocycles. The summed E-state index contributed by atoms with van der Waals surface area (Å²) in [6, 6.07) is 5.66. The van der Waals surface area contributed by atoms with E-state index in [1.807, 2.05) is 45.9 Å². The Morgan fingerprint density at radius 2 is 1.94 bits per heavy atom. The number of hydrogen-bond donors (Lipinski definition) is 1. The van der Waals surface area contributed by atoms with Gasteiger partial charge >= 0.3 is 5.97 Å². The third kappa shape index (κ3) is 1.86. The fraction of sp³-hybridized carbons (Fsp3) is 0.333. The summed E-state index contributed by atoms with van der Waals surface area (Å²) in [5.74, 6) is -0.667. The number of rotatable bonds is 2. The number of carbonyl (C=O) groups is 1. The Morgan fingerprint density at radius 1 is 1.28 bits per heavy atom. The molecule has 0 unspecified atom stereocenters. The van der Waals surface area contributed by atoms with Crippen LogP contribution in [0.1, 0.15) is 46.9 Å². The number of benzene rings is 1. The van der Waals surface area contributed by atoms with Gasteiger partial charge in [0.1, 0.15) is 0 Å². The first-order valence-electron chi connectivity index (χ1n) is 6.06. The summed E-state index contributed by atoms with van der Waals surface area (Å²) >= 11 is 0. The lowest BCUT2D eigenvalue weighted by Gasteiger charge is -2.15. The lowest BCUT2D eigenvalue weighted by atomic mass is 9.95. The Morgan fingerprint density at radius 3 is 2.50 bits per heavy atom. The Labute approximate surface area is 106 Å². The molecular weight excluding hydrogens is 226 g/mol. The van der Waals surface area contributed by atoms with Crippen molar-refractivity contribution in [3.05, 3.63) is 40.6 Å². The van der Waals surface area contributed by atoms with Crippen molar-refractivity contribution in [2.75, 3.05) is 0 Å². The van der Waals surface area contributed by atoms with Gasteiger partial charge in [-0.3, -0.25) is 4.98 Å². The number of carboxylic acids is 1. The van der Waals surface area contributed by atoms with Gasteiger partial charge in [-0.05, 0) is 30.9 Å². The number of carboxylic acid groups (broad SMARTS) is 1. The number of para-hydroxylation sites is 1. The highest BCUT2D eigenvalue weighted by Gasteiger charge is 2.19. The zero-order chi connectivity index (χ0) is 13.4.